The van der Waals surface area contributed by atoms with E-state index in [1.165, 1.54) is 13.4 Å². The van der Waals surface area contributed by atoms with Crippen LogP contribution in [0.3, 0.4) is 0 Å². The van der Waals surface area contributed by atoms with Crippen molar-refractivity contribution in [2.45, 2.75) is 75.6 Å². The highest BCUT2D eigenvalue weighted by Crippen LogP contribution is 2.41. The van der Waals surface area contributed by atoms with Crippen molar-refractivity contribution in [1.82, 2.24) is 9.80 Å². The molecule has 4 aromatic rings. The van der Waals surface area contributed by atoms with Gasteiger partial charge >= 0.3 is 6.09 Å². The molecule has 3 aromatic carbocycles. The Morgan fingerprint density at radius 2 is 1.65 bits per heavy atom. The van der Waals surface area contributed by atoms with Gasteiger partial charge in [-0.2, -0.15) is 4.55 Å². The van der Waals surface area contributed by atoms with Crippen molar-refractivity contribution in [3.8, 4) is 16.9 Å². The van der Waals surface area contributed by atoms with E-state index in [1.807, 2.05) is 26.8 Å². The molecule has 0 radical (unpaired) electrons. The van der Waals surface area contributed by atoms with Crippen LogP contribution < -0.4 is 4.74 Å². The first kappa shape index (κ1) is 36.7. The highest BCUT2D eigenvalue weighted by molar-refractivity contribution is 7.97. The van der Waals surface area contributed by atoms with Gasteiger partial charge in [0.25, 0.3) is 5.91 Å². The zero-order valence-corrected chi connectivity index (χ0v) is 30.6. The fraction of sp³-hybridized carbons (Fsp3) is 0.389. The van der Waals surface area contributed by atoms with Crippen LogP contribution in [0, 0.1) is 11.6 Å². The number of halogens is 3. The monoisotopic (exact) mass is 733 g/mol. The van der Waals surface area contributed by atoms with Gasteiger partial charge in [0.1, 0.15) is 34.1 Å². The second-order valence-corrected chi connectivity index (χ2v) is 16.7. The van der Waals surface area contributed by atoms with E-state index in [0.717, 1.165) is 23.5 Å². The second-order valence-electron chi connectivity index (χ2n) is 13.3. The van der Waals surface area contributed by atoms with Gasteiger partial charge in [-0.25, -0.2) is 13.6 Å². The molecular weight excluding hydrogens is 694 g/mol. The Kier molecular flexibility index (Phi) is 10.7. The summed E-state index contributed by atoms with van der Waals surface area (Å²) >= 11 is 7.42. The van der Waals surface area contributed by atoms with Crippen LogP contribution in [0.1, 0.15) is 61.7 Å². The molecule has 0 bridgehead atoms. The highest BCUT2D eigenvalue weighted by Gasteiger charge is 2.36. The molecule has 8 nitrogen and oxygen atoms in total. The molecule has 49 heavy (non-hydrogen) atoms. The fourth-order valence-electron chi connectivity index (χ4n) is 6.26. The minimum absolute atomic E-state index is 0.0140. The quantitative estimate of drug-likeness (QED) is 0.181. The SMILES string of the molecule is COc1ccc(-c2ccccc2[S+](C)(=O)O)cc1CN(C(=O)c1sc2c(F)ccc(F)c2c1Cl)C1CCC(N(C)C(=O)OC(C)(C)C)CC1. The lowest BCUT2D eigenvalue weighted by Crippen LogP contribution is -2.47. The number of fused-ring (bicyclic) bond motifs is 1. The Morgan fingerprint density at radius 1 is 1.02 bits per heavy atom. The van der Waals surface area contributed by atoms with Crippen LogP contribution in [0.15, 0.2) is 59.5 Å². The van der Waals surface area contributed by atoms with Crippen molar-refractivity contribution in [3.05, 3.63) is 81.7 Å². The maximum absolute atomic E-state index is 14.8. The van der Waals surface area contributed by atoms with Crippen LogP contribution in [0.2, 0.25) is 5.02 Å². The van der Waals surface area contributed by atoms with E-state index in [9.17, 15) is 27.1 Å². The minimum Gasteiger partial charge on any atom is -0.496 e. The summed E-state index contributed by atoms with van der Waals surface area (Å²) in [6.45, 7) is 5.47. The number of carbonyl (C=O) groups is 2. The number of rotatable bonds is 8. The highest BCUT2D eigenvalue weighted by atomic mass is 35.5. The van der Waals surface area contributed by atoms with Crippen molar-refractivity contribution >= 4 is 55.2 Å². The molecule has 2 amide bonds. The molecule has 5 rings (SSSR count). The van der Waals surface area contributed by atoms with E-state index < -0.39 is 39.4 Å². The van der Waals surface area contributed by atoms with Gasteiger partial charge in [-0.1, -0.05) is 34.0 Å². The van der Waals surface area contributed by atoms with E-state index >= 15 is 0 Å². The van der Waals surface area contributed by atoms with Crippen molar-refractivity contribution in [2.24, 2.45) is 0 Å². The fourth-order valence-corrected chi connectivity index (χ4v) is 8.69. The van der Waals surface area contributed by atoms with Crippen LogP contribution in [0.4, 0.5) is 13.6 Å². The Bertz CT molecular complexity index is 1930. The van der Waals surface area contributed by atoms with Crippen LogP contribution in [-0.2, 0) is 25.7 Å². The van der Waals surface area contributed by atoms with Gasteiger partial charge in [0.2, 0.25) is 10.2 Å². The van der Waals surface area contributed by atoms with E-state index in [1.54, 1.807) is 53.2 Å². The largest absolute Gasteiger partial charge is 0.496 e. The van der Waals surface area contributed by atoms with E-state index in [0.29, 0.717) is 48.1 Å². The van der Waals surface area contributed by atoms with Crippen LogP contribution >= 0.6 is 22.9 Å². The average molecular weight is 734 g/mol. The Labute approximate surface area is 295 Å². The van der Waals surface area contributed by atoms with E-state index in [4.69, 9.17) is 21.1 Å². The molecule has 1 heterocycles. The first-order chi connectivity index (χ1) is 23.0. The summed E-state index contributed by atoms with van der Waals surface area (Å²) in [4.78, 5) is 30.8. The number of carbonyl (C=O) groups excluding carboxylic acids is 2. The Hall–Kier alpha value is -3.58. The number of nitrogens with zero attached hydrogens (tertiary/aromatic N) is 2. The number of methoxy groups -OCH3 is 1. The van der Waals surface area contributed by atoms with Gasteiger partial charge in [-0.15, -0.1) is 11.3 Å². The molecule has 1 N–H and O–H groups in total. The molecule has 1 unspecified atom stereocenters. The zero-order valence-electron chi connectivity index (χ0n) is 28.2. The number of hydrogen-bond donors (Lipinski definition) is 1. The minimum atomic E-state index is -3.31. The Morgan fingerprint density at radius 3 is 2.27 bits per heavy atom. The average Bonchev–Trinajstić information content (AvgIpc) is 3.41. The van der Waals surface area contributed by atoms with Crippen LogP contribution in [0.5, 0.6) is 5.75 Å². The molecule has 1 atom stereocenters. The third-order valence-electron chi connectivity index (χ3n) is 8.70. The van der Waals surface area contributed by atoms with Crippen molar-refractivity contribution < 1.29 is 36.6 Å². The zero-order chi connectivity index (χ0) is 35.8. The standard InChI is InChI=1S/C36H39ClF2N2O6S2/c1-36(2,3)47-35(43)40(4)23-12-14-24(15-13-23)41(34(42)33-31(37)30-26(38)16-17-27(39)32(30)48-33)20-22-19-21(11-18-28(22)46-5)25-9-7-8-10-29(25)49(6,44)45/h7-11,16-19,23-24H,12-15,20H2,1-6H3/p+1. The smallest absolute Gasteiger partial charge is 0.410 e. The predicted octanol–water partition coefficient (Wildman–Crippen LogP) is 9.29. The third-order valence-corrected chi connectivity index (χ3v) is 11.5. The summed E-state index contributed by atoms with van der Waals surface area (Å²) in [5.41, 5.74) is 1.18. The molecule has 1 aliphatic rings. The summed E-state index contributed by atoms with van der Waals surface area (Å²) < 4.78 is 64.1. The van der Waals surface area contributed by atoms with Crippen molar-refractivity contribution in [2.75, 3.05) is 20.4 Å². The Balaban J connectivity index is 1.53. The lowest BCUT2D eigenvalue weighted by atomic mass is 9.89. The summed E-state index contributed by atoms with van der Waals surface area (Å²) in [7, 11) is -0.0937. The molecule has 1 aliphatic carbocycles. The van der Waals surface area contributed by atoms with Gasteiger partial charge < -0.3 is 19.3 Å². The summed E-state index contributed by atoms with van der Waals surface area (Å²) in [6.07, 6.45) is 3.06. The van der Waals surface area contributed by atoms with Crippen molar-refractivity contribution in [3.63, 3.8) is 0 Å². The molecule has 1 saturated carbocycles. The number of benzene rings is 3. The normalized spacial score (nSPS) is 17.8. The second kappa shape index (κ2) is 14.3. The van der Waals surface area contributed by atoms with Gasteiger partial charge in [0, 0.05) is 36.8 Å². The first-order valence-electron chi connectivity index (χ1n) is 15.8. The molecule has 1 aromatic heterocycles. The molecule has 262 valence electrons. The maximum Gasteiger partial charge on any atom is 0.410 e. The molecule has 0 aliphatic heterocycles. The van der Waals surface area contributed by atoms with Gasteiger partial charge in [-0.05, 0) is 88.4 Å². The molecule has 13 heteroatoms. The lowest BCUT2D eigenvalue weighted by Gasteiger charge is -2.40. The third kappa shape index (κ3) is 7.93. The van der Waals surface area contributed by atoms with Crippen LogP contribution in [-0.4, -0.2) is 64.5 Å². The van der Waals surface area contributed by atoms with E-state index in [-0.39, 0.29) is 43.5 Å². The first-order valence-corrected chi connectivity index (χ1v) is 18.9. The van der Waals surface area contributed by atoms with E-state index in [2.05, 4.69) is 0 Å². The number of amides is 2. The molecule has 0 spiro atoms. The predicted molar refractivity (Wildman–Crippen MR) is 190 cm³/mol. The molecule has 0 saturated heterocycles. The van der Waals surface area contributed by atoms with Crippen molar-refractivity contribution in [1.29, 1.82) is 0 Å². The lowest BCUT2D eigenvalue weighted by molar-refractivity contribution is 0.0144. The van der Waals surface area contributed by atoms with Crippen LogP contribution in [0.25, 0.3) is 21.2 Å². The van der Waals surface area contributed by atoms with Gasteiger partial charge in [0.05, 0.1) is 22.2 Å². The molecule has 1 fully saturated rings. The summed E-state index contributed by atoms with van der Waals surface area (Å²) in [6, 6.07) is 13.7. The number of thiophene rings is 1. The van der Waals surface area contributed by atoms with Gasteiger partial charge in [-0.3, -0.25) is 4.79 Å². The number of ether oxygens (including phenoxy) is 2. The molecular formula is C36H40ClF2N2O6S2+. The summed E-state index contributed by atoms with van der Waals surface area (Å²) in [5, 5.41) is -0.290. The number of hydrogen-bond acceptors (Lipinski definition) is 6. The topological polar surface area (TPSA) is 96.4 Å². The maximum atomic E-state index is 14.8. The summed E-state index contributed by atoms with van der Waals surface area (Å²) in [5.74, 6) is -1.41. The van der Waals surface area contributed by atoms with Gasteiger partial charge in [0.15, 0.2) is 4.90 Å².